The highest BCUT2D eigenvalue weighted by atomic mass is 19.4. The highest BCUT2D eigenvalue weighted by Gasteiger charge is 2.89. The largest absolute Gasteiger partial charge is 0.465 e. The molecule has 0 unspecified atom stereocenters. The number of hydrogen-bond donors (Lipinski definition) is 1. The summed E-state index contributed by atoms with van der Waals surface area (Å²) in [5.41, 5.74) is -2.92. The maximum atomic E-state index is 14.0. The molecule has 1 amide bonds. The molecule has 1 rings (SSSR count). The Balaban J connectivity index is 3.57. The van der Waals surface area contributed by atoms with Gasteiger partial charge < -0.3 is 14.8 Å². The Labute approximate surface area is 186 Å². The first-order chi connectivity index (χ1) is 15.6. The second kappa shape index (κ2) is 9.44. The van der Waals surface area contributed by atoms with Crippen molar-refractivity contribution < 1.29 is 76.5 Å². The smallest absolute Gasteiger partial charge is 0.393 e. The van der Waals surface area contributed by atoms with Crippen LogP contribution in [0.15, 0.2) is 18.2 Å². The molecule has 0 bridgehead atoms. The number of hydrogen-bond acceptors (Lipinski definition) is 5. The third-order valence-corrected chi connectivity index (χ3v) is 4.26. The normalized spacial score (nSPS) is 13.5. The molecule has 0 radical (unpaired) electrons. The Morgan fingerprint density at radius 1 is 0.771 bits per heavy atom. The van der Waals surface area contributed by atoms with Crippen molar-refractivity contribution in [2.75, 3.05) is 19.5 Å². The van der Waals surface area contributed by atoms with Crippen LogP contribution in [0.5, 0.6) is 0 Å². The van der Waals surface area contributed by atoms with Crippen LogP contribution >= 0.6 is 0 Å². The van der Waals surface area contributed by atoms with Gasteiger partial charge in [-0.25, -0.2) is 18.4 Å². The molecule has 0 spiro atoms. The molecule has 0 aromatic heterocycles. The summed E-state index contributed by atoms with van der Waals surface area (Å²) in [5, 5.41) is 0.785. The molecule has 1 aromatic carbocycles. The van der Waals surface area contributed by atoms with Crippen LogP contribution in [0.25, 0.3) is 0 Å². The van der Waals surface area contributed by atoms with Gasteiger partial charge in [-0.3, -0.25) is 4.79 Å². The number of benzene rings is 1. The van der Waals surface area contributed by atoms with E-state index in [1.54, 1.807) is 0 Å². The van der Waals surface area contributed by atoms with Crippen LogP contribution in [0.2, 0.25) is 0 Å². The van der Waals surface area contributed by atoms with E-state index in [4.69, 9.17) is 0 Å². The molecule has 0 heterocycles. The lowest BCUT2D eigenvalue weighted by Gasteiger charge is -2.38. The van der Waals surface area contributed by atoms with Crippen molar-refractivity contribution in [3.05, 3.63) is 29.3 Å². The van der Waals surface area contributed by atoms with Gasteiger partial charge in [0.15, 0.2) is 0 Å². The van der Waals surface area contributed by atoms with E-state index in [9.17, 15) is 67.1 Å². The molecule has 0 aliphatic rings. The van der Waals surface area contributed by atoms with Gasteiger partial charge in [-0.2, -0.15) is 43.9 Å². The van der Waals surface area contributed by atoms with E-state index < -0.39 is 70.7 Å². The van der Waals surface area contributed by atoms with E-state index in [2.05, 4.69) is 9.47 Å². The number of halogens is 12. The number of carbonyl (C=O) groups is 3. The Kier molecular flexibility index (Phi) is 8.05. The van der Waals surface area contributed by atoms with Crippen LogP contribution < -0.4 is 5.32 Å². The van der Waals surface area contributed by atoms with Gasteiger partial charge >= 0.3 is 53.9 Å². The predicted octanol–water partition coefficient (Wildman–Crippen LogP) is 4.64. The van der Waals surface area contributed by atoms with Crippen molar-refractivity contribution in [2.24, 2.45) is 0 Å². The fourth-order valence-corrected chi connectivity index (χ4v) is 2.26. The van der Waals surface area contributed by atoms with E-state index >= 15 is 0 Å². The van der Waals surface area contributed by atoms with E-state index in [-0.39, 0.29) is 0 Å². The van der Waals surface area contributed by atoms with Gasteiger partial charge in [-0.05, 0) is 18.2 Å². The minimum absolute atomic E-state index is 0.321. The number of amides is 1. The van der Waals surface area contributed by atoms with Crippen LogP contribution in [0.3, 0.4) is 0 Å². The van der Waals surface area contributed by atoms with E-state index in [0.717, 1.165) is 18.5 Å². The number of esters is 2. The van der Waals surface area contributed by atoms with Gasteiger partial charge in [0.25, 0.3) is 0 Å². The molecule has 0 fully saturated rings. The monoisotopic (exact) mass is 537 g/mol. The number of methoxy groups -OCH3 is 2. The molecular weight excluding hydrogens is 526 g/mol. The molecule has 198 valence electrons. The molecule has 1 N–H and O–H groups in total. The maximum Gasteiger partial charge on any atom is 0.393 e. The van der Waals surface area contributed by atoms with Crippen molar-refractivity contribution >= 4 is 23.5 Å². The first kappa shape index (κ1) is 29.8. The van der Waals surface area contributed by atoms with Crippen molar-refractivity contribution in [2.45, 2.75) is 36.0 Å². The van der Waals surface area contributed by atoms with Gasteiger partial charge in [-0.1, -0.05) is 0 Å². The van der Waals surface area contributed by atoms with Crippen molar-refractivity contribution in [1.29, 1.82) is 0 Å². The van der Waals surface area contributed by atoms with Gasteiger partial charge in [0.2, 0.25) is 0 Å². The van der Waals surface area contributed by atoms with Crippen molar-refractivity contribution in [3.8, 4) is 0 Å². The molecule has 0 aliphatic carbocycles. The Morgan fingerprint density at radius 2 is 1.26 bits per heavy atom. The van der Waals surface area contributed by atoms with E-state index in [0.29, 0.717) is 19.2 Å². The molecule has 35 heavy (non-hydrogen) atoms. The highest BCUT2D eigenvalue weighted by molar-refractivity contribution is 6.05. The van der Waals surface area contributed by atoms with Gasteiger partial charge in [0, 0.05) is 0 Å². The second-order valence-electron chi connectivity index (χ2n) is 6.42. The summed E-state index contributed by atoms with van der Waals surface area (Å²) in [7, 11) is 1.48. The first-order valence-corrected chi connectivity index (χ1v) is 8.44. The fourth-order valence-electron chi connectivity index (χ4n) is 2.26. The second-order valence-corrected chi connectivity index (χ2v) is 6.42. The average Bonchev–Trinajstić information content (AvgIpc) is 2.76. The quantitative estimate of drug-likeness (QED) is 0.367. The fraction of sp³-hybridized carbons (Fsp3) is 0.471. The molecule has 1 aromatic rings. The summed E-state index contributed by atoms with van der Waals surface area (Å²) in [6, 6.07) is 1.67. The average molecular weight is 537 g/mol. The van der Waals surface area contributed by atoms with Crippen LogP contribution in [-0.4, -0.2) is 68.1 Å². The summed E-state index contributed by atoms with van der Waals surface area (Å²) in [4.78, 5) is 34.9. The van der Waals surface area contributed by atoms with Gasteiger partial charge in [0.05, 0.1) is 31.0 Å². The summed E-state index contributed by atoms with van der Waals surface area (Å²) >= 11 is 0. The van der Waals surface area contributed by atoms with Crippen LogP contribution in [0.4, 0.5) is 58.4 Å². The summed E-state index contributed by atoms with van der Waals surface area (Å²) < 4.78 is 168. The number of rotatable bonds is 9. The molecule has 0 saturated heterocycles. The van der Waals surface area contributed by atoms with E-state index in [1.807, 2.05) is 0 Å². The standard InChI is InChI=1S/C17H11F12NO5/c1-34-9(31)6-3-4-7(10(32)35-2)8(5-6)30-12(33)14(22,23)16(26,27)17(28,29)15(24,25)13(20,21)11(18)19/h3-5,11H,1-2H3,(H,30,33). The lowest BCUT2D eigenvalue weighted by molar-refractivity contribution is -0.406. The van der Waals surface area contributed by atoms with Gasteiger partial charge in [-0.15, -0.1) is 0 Å². The minimum Gasteiger partial charge on any atom is -0.465 e. The zero-order valence-corrected chi connectivity index (χ0v) is 16.9. The molecule has 0 atom stereocenters. The first-order valence-electron chi connectivity index (χ1n) is 8.44. The van der Waals surface area contributed by atoms with Gasteiger partial charge in [0.1, 0.15) is 0 Å². The molecule has 18 heteroatoms. The minimum atomic E-state index is -7.93. The third-order valence-electron chi connectivity index (χ3n) is 4.26. The molecular formula is C17H11F12NO5. The van der Waals surface area contributed by atoms with Crippen molar-refractivity contribution in [3.63, 3.8) is 0 Å². The SMILES string of the molecule is COC(=O)c1ccc(C(=O)OC)c(NC(=O)C(F)(F)C(F)(F)C(F)(F)C(F)(F)C(F)(F)C(F)F)c1. The summed E-state index contributed by atoms with van der Waals surface area (Å²) in [5.74, 6) is -44.0. The highest BCUT2D eigenvalue weighted by Crippen LogP contribution is 2.58. The molecule has 0 aliphatic heterocycles. The zero-order chi connectivity index (χ0) is 27.8. The third kappa shape index (κ3) is 4.69. The maximum absolute atomic E-state index is 14.0. The number of ether oxygens (including phenoxy) is 2. The molecule has 0 saturated carbocycles. The number of carbonyl (C=O) groups excluding carboxylic acids is 3. The van der Waals surface area contributed by atoms with Crippen molar-refractivity contribution in [1.82, 2.24) is 0 Å². The lowest BCUT2D eigenvalue weighted by atomic mass is 9.94. The lowest BCUT2D eigenvalue weighted by Crippen LogP contribution is -2.70. The summed E-state index contributed by atoms with van der Waals surface area (Å²) in [6.45, 7) is 0. The predicted molar refractivity (Wildman–Crippen MR) is 88.5 cm³/mol. The Bertz CT molecular complexity index is 996. The van der Waals surface area contributed by atoms with Crippen LogP contribution in [0.1, 0.15) is 20.7 Å². The van der Waals surface area contributed by atoms with E-state index in [1.165, 1.54) is 0 Å². The van der Waals surface area contributed by atoms with Crippen LogP contribution in [0, 0.1) is 0 Å². The summed E-state index contributed by atoms with van der Waals surface area (Å²) in [6.07, 6.45) is -5.70. The Morgan fingerprint density at radius 3 is 1.69 bits per heavy atom. The molecule has 6 nitrogen and oxygen atoms in total. The Hall–Kier alpha value is -3.21. The number of anilines is 1. The number of nitrogens with one attached hydrogen (secondary N) is 1. The topological polar surface area (TPSA) is 81.7 Å². The van der Waals surface area contributed by atoms with Crippen LogP contribution in [-0.2, 0) is 14.3 Å². The zero-order valence-electron chi connectivity index (χ0n) is 16.9. The number of alkyl halides is 12.